The Morgan fingerprint density at radius 1 is 1.00 bits per heavy atom. The molecule has 6 heteroatoms. The first-order valence-corrected chi connectivity index (χ1v) is 9.84. The van der Waals surface area contributed by atoms with Crippen LogP contribution in [0.3, 0.4) is 0 Å². The number of para-hydroxylation sites is 2. The number of nitrogens with one attached hydrogen (secondary N) is 2. The highest BCUT2D eigenvalue weighted by molar-refractivity contribution is 5.95. The van der Waals surface area contributed by atoms with Crippen LogP contribution < -0.4 is 24.8 Å². The summed E-state index contributed by atoms with van der Waals surface area (Å²) >= 11 is 0. The Labute approximate surface area is 175 Å². The molecule has 3 aromatic rings. The predicted octanol–water partition coefficient (Wildman–Crippen LogP) is 3.80. The zero-order chi connectivity index (χ0) is 20.8. The molecule has 0 bridgehead atoms. The van der Waals surface area contributed by atoms with E-state index in [2.05, 4.69) is 10.6 Å². The normalized spacial score (nSPS) is 15.8. The summed E-state index contributed by atoms with van der Waals surface area (Å²) in [5.41, 5.74) is 1.58. The molecule has 4 rings (SSSR count). The highest BCUT2D eigenvalue weighted by Crippen LogP contribution is 2.31. The molecule has 2 N–H and O–H groups in total. The van der Waals surface area contributed by atoms with E-state index in [-0.39, 0.29) is 12.0 Å². The van der Waals surface area contributed by atoms with E-state index in [0.717, 1.165) is 22.8 Å². The van der Waals surface area contributed by atoms with Crippen LogP contribution in [-0.2, 0) is 4.79 Å². The van der Waals surface area contributed by atoms with Gasteiger partial charge in [0.1, 0.15) is 24.5 Å². The number of methoxy groups -OCH3 is 1. The lowest BCUT2D eigenvalue weighted by molar-refractivity contribution is -0.118. The number of carbonyl (C=O) groups excluding carboxylic acids is 1. The van der Waals surface area contributed by atoms with E-state index in [4.69, 9.17) is 14.2 Å². The standard InChI is InChI=1S/C24H24N2O4/c1-28-19-13-11-18(12-14-19)26-24(27)23(17-7-3-2-4-8-17)25-15-20-16-29-21-9-5-6-10-22(21)30-20/h2-14,20,23,25H,15-16H2,1H3,(H,26,27)/t20-,23+/m0/s1. The molecule has 1 amide bonds. The predicted molar refractivity (Wildman–Crippen MR) is 115 cm³/mol. The van der Waals surface area contributed by atoms with Crippen LogP contribution in [0.15, 0.2) is 78.9 Å². The third kappa shape index (κ3) is 4.72. The summed E-state index contributed by atoms with van der Waals surface area (Å²) in [4.78, 5) is 13.1. The highest BCUT2D eigenvalue weighted by atomic mass is 16.6. The van der Waals surface area contributed by atoms with Crippen molar-refractivity contribution < 1.29 is 19.0 Å². The van der Waals surface area contributed by atoms with Crippen LogP contribution in [-0.4, -0.2) is 32.3 Å². The Hall–Kier alpha value is -3.51. The number of fused-ring (bicyclic) bond motifs is 1. The Morgan fingerprint density at radius 3 is 2.43 bits per heavy atom. The summed E-state index contributed by atoms with van der Waals surface area (Å²) in [5, 5.41) is 6.30. The lowest BCUT2D eigenvalue weighted by atomic mass is 10.1. The average Bonchev–Trinajstić information content (AvgIpc) is 2.80. The molecule has 0 spiro atoms. The van der Waals surface area contributed by atoms with Crippen molar-refractivity contribution >= 4 is 11.6 Å². The number of anilines is 1. The summed E-state index contributed by atoms with van der Waals surface area (Å²) in [6.07, 6.45) is -0.195. The quantitative estimate of drug-likeness (QED) is 0.627. The SMILES string of the molecule is COc1ccc(NC(=O)[C@H](NC[C@H]2COc3ccccc3O2)c2ccccc2)cc1. The molecule has 1 aliphatic heterocycles. The number of benzene rings is 3. The molecule has 1 aliphatic rings. The van der Waals surface area contributed by atoms with Gasteiger partial charge in [-0.1, -0.05) is 42.5 Å². The maximum absolute atomic E-state index is 13.1. The van der Waals surface area contributed by atoms with Gasteiger partial charge in [-0.2, -0.15) is 0 Å². The van der Waals surface area contributed by atoms with E-state index >= 15 is 0 Å². The average molecular weight is 404 g/mol. The van der Waals surface area contributed by atoms with Gasteiger partial charge in [0.05, 0.1) is 7.11 Å². The van der Waals surface area contributed by atoms with Gasteiger partial charge in [-0.05, 0) is 42.0 Å². The summed E-state index contributed by atoms with van der Waals surface area (Å²) in [6.45, 7) is 0.884. The van der Waals surface area contributed by atoms with Crippen LogP contribution in [0.5, 0.6) is 17.2 Å². The van der Waals surface area contributed by atoms with Gasteiger partial charge in [0.2, 0.25) is 5.91 Å². The van der Waals surface area contributed by atoms with Crippen molar-refractivity contribution in [3.8, 4) is 17.2 Å². The van der Waals surface area contributed by atoms with E-state index in [1.807, 2.05) is 78.9 Å². The minimum Gasteiger partial charge on any atom is -0.497 e. The van der Waals surface area contributed by atoms with Crippen molar-refractivity contribution in [3.05, 3.63) is 84.4 Å². The minimum atomic E-state index is -0.533. The summed E-state index contributed by atoms with van der Waals surface area (Å²) < 4.78 is 17.0. The molecule has 0 fully saturated rings. The van der Waals surface area contributed by atoms with Crippen LogP contribution in [0.25, 0.3) is 0 Å². The smallest absolute Gasteiger partial charge is 0.246 e. The molecule has 0 unspecified atom stereocenters. The van der Waals surface area contributed by atoms with Crippen molar-refractivity contribution in [2.75, 3.05) is 25.6 Å². The van der Waals surface area contributed by atoms with Crippen molar-refractivity contribution in [1.29, 1.82) is 0 Å². The fourth-order valence-electron chi connectivity index (χ4n) is 3.31. The Balaban J connectivity index is 1.44. The van der Waals surface area contributed by atoms with E-state index < -0.39 is 6.04 Å². The maximum Gasteiger partial charge on any atom is 0.246 e. The molecule has 6 nitrogen and oxygen atoms in total. The first kappa shape index (κ1) is 19.8. The van der Waals surface area contributed by atoms with E-state index in [1.54, 1.807) is 7.11 Å². The molecule has 154 valence electrons. The molecule has 0 aromatic heterocycles. The van der Waals surface area contributed by atoms with Crippen molar-refractivity contribution in [2.45, 2.75) is 12.1 Å². The van der Waals surface area contributed by atoms with Gasteiger partial charge in [0.15, 0.2) is 11.5 Å². The van der Waals surface area contributed by atoms with Crippen LogP contribution in [0, 0.1) is 0 Å². The monoisotopic (exact) mass is 404 g/mol. The highest BCUT2D eigenvalue weighted by Gasteiger charge is 2.25. The number of ether oxygens (including phenoxy) is 3. The van der Waals surface area contributed by atoms with Crippen molar-refractivity contribution in [3.63, 3.8) is 0 Å². The first-order valence-electron chi connectivity index (χ1n) is 9.84. The van der Waals surface area contributed by atoms with Gasteiger partial charge in [-0.25, -0.2) is 0 Å². The molecule has 0 aliphatic carbocycles. The molecule has 3 aromatic carbocycles. The summed E-state index contributed by atoms with van der Waals surface area (Å²) in [6, 6.07) is 23.9. The summed E-state index contributed by atoms with van der Waals surface area (Å²) in [5.74, 6) is 2.05. The second-order valence-corrected chi connectivity index (χ2v) is 6.97. The topological polar surface area (TPSA) is 68.8 Å². The molecular formula is C24H24N2O4. The first-order chi connectivity index (χ1) is 14.7. The third-order valence-corrected chi connectivity index (χ3v) is 4.87. The zero-order valence-electron chi connectivity index (χ0n) is 16.7. The van der Waals surface area contributed by atoms with Crippen molar-refractivity contribution in [1.82, 2.24) is 5.32 Å². The Morgan fingerprint density at radius 2 is 1.70 bits per heavy atom. The fraction of sp³-hybridized carbons (Fsp3) is 0.208. The summed E-state index contributed by atoms with van der Waals surface area (Å²) in [7, 11) is 1.61. The second kappa shape index (κ2) is 9.33. The van der Waals surface area contributed by atoms with Crippen LogP contribution >= 0.6 is 0 Å². The van der Waals surface area contributed by atoms with Gasteiger partial charge in [0, 0.05) is 12.2 Å². The lowest BCUT2D eigenvalue weighted by Crippen LogP contribution is -2.42. The second-order valence-electron chi connectivity index (χ2n) is 6.97. The molecule has 0 radical (unpaired) electrons. The number of hydrogen-bond acceptors (Lipinski definition) is 5. The minimum absolute atomic E-state index is 0.150. The molecule has 1 heterocycles. The van der Waals surface area contributed by atoms with Gasteiger partial charge in [0.25, 0.3) is 0 Å². The largest absolute Gasteiger partial charge is 0.497 e. The maximum atomic E-state index is 13.1. The van der Waals surface area contributed by atoms with Crippen LogP contribution in [0.4, 0.5) is 5.69 Å². The fourth-order valence-corrected chi connectivity index (χ4v) is 3.31. The lowest BCUT2D eigenvalue weighted by Gasteiger charge is -2.28. The van der Waals surface area contributed by atoms with Gasteiger partial charge in [-0.15, -0.1) is 0 Å². The Bertz CT molecular complexity index is 976. The molecule has 0 saturated heterocycles. The number of rotatable bonds is 7. The van der Waals surface area contributed by atoms with Crippen LogP contribution in [0.1, 0.15) is 11.6 Å². The van der Waals surface area contributed by atoms with Crippen LogP contribution in [0.2, 0.25) is 0 Å². The van der Waals surface area contributed by atoms with Gasteiger partial charge >= 0.3 is 0 Å². The third-order valence-electron chi connectivity index (χ3n) is 4.87. The molecule has 30 heavy (non-hydrogen) atoms. The number of carbonyl (C=O) groups is 1. The molecular weight excluding hydrogens is 380 g/mol. The van der Waals surface area contributed by atoms with E-state index in [9.17, 15) is 4.79 Å². The van der Waals surface area contributed by atoms with Gasteiger partial charge in [-0.3, -0.25) is 10.1 Å². The Kier molecular flexibility index (Phi) is 6.15. The van der Waals surface area contributed by atoms with E-state index in [0.29, 0.717) is 18.8 Å². The zero-order valence-corrected chi connectivity index (χ0v) is 16.7. The molecule has 2 atom stereocenters. The van der Waals surface area contributed by atoms with Gasteiger partial charge < -0.3 is 19.5 Å². The molecule has 0 saturated carbocycles. The van der Waals surface area contributed by atoms with E-state index in [1.165, 1.54) is 0 Å². The number of hydrogen-bond donors (Lipinski definition) is 2. The number of amides is 1. The van der Waals surface area contributed by atoms with Crippen molar-refractivity contribution in [2.24, 2.45) is 0 Å².